The topological polar surface area (TPSA) is 93.7 Å². The van der Waals surface area contributed by atoms with Crippen molar-refractivity contribution in [2.24, 2.45) is 0 Å². The summed E-state index contributed by atoms with van der Waals surface area (Å²) in [7, 11) is -3.78. The molecule has 0 saturated carbocycles. The average molecular weight is 561 g/mol. The zero-order valence-electron chi connectivity index (χ0n) is 19.9. The number of benzene rings is 3. The lowest BCUT2D eigenvalue weighted by atomic mass is 9.99. The van der Waals surface area contributed by atoms with Crippen LogP contribution in [-0.2, 0) is 14.8 Å². The van der Waals surface area contributed by atoms with E-state index in [-0.39, 0.29) is 17.4 Å². The van der Waals surface area contributed by atoms with E-state index in [1.54, 1.807) is 24.3 Å². The van der Waals surface area contributed by atoms with Gasteiger partial charge in [0.05, 0.1) is 16.0 Å². The van der Waals surface area contributed by atoms with Crippen LogP contribution in [0.15, 0.2) is 76.1 Å². The molecule has 0 heterocycles. The molecule has 0 aliphatic rings. The van der Waals surface area contributed by atoms with E-state index in [9.17, 15) is 13.2 Å². The fraction of sp³-hybridized carbons (Fsp3) is 0.269. The third-order valence-electron chi connectivity index (χ3n) is 5.36. The highest BCUT2D eigenvalue weighted by molar-refractivity contribution is 9.10. The molecule has 0 saturated heterocycles. The quantitative estimate of drug-likeness (QED) is 0.292. The third-order valence-corrected chi connectivity index (χ3v) is 7.38. The largest absolute Gasteiger partial charge is 0.494 e. The summed E-state index contributed by atoms with van der Waals surface area (Å²) in [6, 6.07) is 18.4. The number of anilines is 2. The number of nitrogens with one attached hydrogen (secondary N) is 2. The van der Waals surface area contributed by atoms with Crippen LogP contribution in [0.2, 0.25) is 0 Å². The van der Waals surface area contributed by atoms with E-state index >= 15 is 0 Å². The molecule has 0 aliphatic carbocycles. The van der Waals surface area contributed by atoms with Crippen molar-refractivity contribution >= 4 is 43.2 Å². The van der Waals surface area contributed by atoms with Gasteiger partial charge >= 0.3 is 0 Å². The highest BCUT2D eigenvalue weighted by atomic mass is 79.9. The zero-order chi connectivity index (χ0) is 25.4. The maximum absolute atomic E-state index is 12.7. The van der Waals surface area contributed by atoms with Gasteiger partial charge in [0.15, 0.2) is 6.61 Å². The molecule has 0 aliphatic heterocycles. The first-order valence-corrected chi connectivity index (χ1v) is 13.6. The molecular weight excluding hydrogens is 532 g/mol. The predicted molar refractivity (Wildman–Crippen MR) is 142 cm³/mol. The monoisotopic (exact) mass is 560 g/mol. The Morgan fingerprint density at radius 1 is 0.943 bits per heavy atom. The first-order chi connectivity index (χ1) is 16.7. The van der Waals surface area contributed by atoms with Gasteiger partial charge in [-0.05, 0) is 101 Å². The molecule has 3 rings (SSSR count). The maximum atomic E-state index is 12.7. The fourth-order valence-corrected chi connectivity index (χ4v) is 4.80. The molecule has 0 spiro atoms. The summed E-state index contributed by atoms with van der Waals surface area (Å²) in [6.45, 7) is 6.51. The Morgan fingerprint density at radius 2 is 1.60 bits per heavy atom. The summed E-state index contributed by atoms with van der Waals surface area (Å²) in [5.41, 5.74) is 2.08. The second kappa shape index (κ2) is 12.1. The molecule has 0 bridgehead atoms. The minimum absolute atomic E-state index is 0.0750. The number of sulfonamides is 1. The molecule has 9 heteroatoms. The van der Waals surface area contributed by atoms with Crippen LogP contribution in [0.5, 0.6) is 11.5 Å². The number of halogens is 1. The number of ether oxygens (including phenoxy) is 2. The number of hydrogen-bond donors (Lipinski definition) is 2. The van der Waals surface area contributed by atoms with Crippen molar-refractivity contribution in [3.8, 4) is 11.5 Å². The van der Waals surface area contributed by atoms with Gasteiger partial charge in [-0.15, -0.1) is 0 Å². The predicted octanol–water partition coefficient (Wildman–Crippen LogP) is 6.18. The van der Waals surface area contributed by atoms with E-state index in [4.69, 9.17) is 9.47 Å². The fourth-order valence-electron chi connectivity index (χ4n) is 3.23. The van der Waals surface area contributed by atoms with Crippen LogP contribution in [0.4, 0.5) is 11.4 Å². The molecule has 1 amide bonds. The first kappa shape index (κ1) is 26.6. The molecule has 1 atom stereocenters. The van der Waals surface area contributed by atoms with Crippen LogP contribution in [0, 0.1) is 0 Å². The van der Waals surface area contributed by atoms with Crippen LogP contribution in [0.25, 0.3) is 0 Å². The number of carbonyl (C=O) groups excluding carboxylic acids is 1. The third kappa shape index (κ3) is 7.47. The van der Waals surface area contributed by atoms with E-state index in [0.717, 1.165) is 10.9 Å². The molecule has 7 nitrogen and oxygen atoms in total. The highest BCUT2D eigenvalue weighted by Crippen LogP contribution is 2.30. The Balaban J connectivity index is 1.56. The lowest BCUT2D eigenvalue weighted by Crippen LogP contribution is -2.20. The smallest absolute Gasteiger partial charge is 0.262 e. The van der Waals surface area contributed by atoms with Crippen molar-refractivity contribution in [1.82, 2.24) is 0 Å². The van der Waals surface area contributed by atoms with Gasteiger partial charge < -0.3 is 14.8 Å². The molecule has 0 aromatic heterocycles. The SMILES string of the molecule is CCOc1ccc(NS(=O)(=O)c2ccc(NC(=O)COc3ccc(C(C)CC)cc3Br)cc2)cc1. The summed E-state index contributed by atoms with van der Waals surface area (Å²) >= 11 is 3.50. The van der Waals surface area contributed by atoms with Crippen LogP contribution in [-0.4, -0.2) is 27.5 Å². The molecule has 2 N–H and O–H groups in total. The van der Waals surface area contributed by atoms with Gasteiger partial charge in [-0.2, -0.15) is 0 Å². The van der Waals surface area contributed by atoms with Crippen LogP contribution >= 0.6 is 15.9 Å². The van der Waals surface area contributed by atoms with Gasteiger partial charge in [0.1, 0.15) is 11.5 Å². The summed E-state index contributed by atoms with van der Waals surface area (Å²) in [5.74, 6) is 1.32. The molecule has 186 valence electrons. The average Bonchev–Trinajstić information content (AvgIpc) is 2.84. The normalized spacial score (nSPS) is 12.0. The van der Waals surface area contributed by atoms with Gasteiger partial charge in [-0.1, -0.05) is 19.9 Å². The molecule has 35 heavy (non-hydrogen) atoms. The van der Waals surface area contributed by atoms with Gasteiger partial charge in [0.2, 0.25) is 0 Å². The van der Waals surface area contributed by atoms with Crippen molar-refractivity contribution < 1.29 is 22.7 Å². The lowest BCUT2D eigenvalue weighted by Gasteiger charge is -2.13. The molecule has 3 aromatic rings. The molecule has 1 unspecified atom stereocenters. The molecule has 3 aromatic carbocycles. The highest BCUT2D eigenvalue weighted by Gasteiger charge is 2.15. The van der Waals surface area contributed by atoms with Gasteiger partial charge in [0.25, 0.3) is 15.9 Å². The summed E-state index contributed by atoms with van der Waals surface area (Å²) in [6.07, 6.45) is 1.03. The van der Waals surface area contributed by atoms with Crippen molar-refractivity contribution in [1.29, 1.82) is 0 Å². The van der Waals surface area contributed by atoms with Gasteiger partial charge in [-0.25, -0.2) is 8.42 Å². The minimum atomic E-state index is -3.78. The lowest BCUT2D eigenvalue weighted by molar-refractivity contribution is -0.118. The number of carbonyl (C=O) groups is 1. The molecular formula is C26H29BrN2O5S. The Kier molecular flexibility index (Phi) is 9.17. The molecule has 0 radical (unpaired) electrons. The summed E-state index contributed by atoms with van der Waals surface area (Å²) < 4.78 is 39.6. The van der Waals surface area contributed by atoms with Gasteiger partial charge in [0, 0.05) is 11.4 Å². The van der Waals surface area contributed by atoms with Crippen LogP contribution in [0.1, 0.15) is 38.7 Å². The number of rotatable bonds is 11. The Labute approximate surface area is 215 Å². The Morgan fingerprint density at radius 3 is 2.20 bits per heavy atom. The van der Waals surface area contributed by atoms with E-state index in [1.165, 1.54) is 29.8 Å². The van der Waals surface area contributed by atoms with Crippen molar-refractivity contribution in [3.63, 3.8) is 0 Å². The van der Waals surface area contributed by atoms with Crippen molar-refractivity contribution in [2.45, 2.75) is 38.0 Å². The van der Waals surface area contributed by atoms with E-state index < -0.39 is 10.0 Å². The molecule has 0 fully saturated rings. The Bertz CT molecular complexity index is 1250. The first-order valence-electron chi connectivity index (χ1n) is 11.3. The standard InChI is InChI=1S/C26H29BrN2O5S/c1-4-18(3)19-6-15-25(24(27)16-19)34-17-26(30)28-20-9-13-23(14-10-20)35(31,32)29-21-7-11-22(12-8-21)33-5-2/h6-16,18,29H,4-5,17H2,1-3H3,(H,28,30). The van der Waals surface area contributed by atoms with Crippen LogP contribution < -0.4 is 19.5 Å². The van der Waals surface area contributed by atoms with E-state index in [1.807, 2.05) is 25.1 Å². The number of amides is 1. The van der Waals surface area contributed by atoms with Crippen LogP contribution in [0.3, 0.4) is 0 Å². The minimum Gasteiger partial charge on any atom is -0.494 e. The summed E-state index contributed by atoms with van der Waals surface area (Å²) in [5, 5.41) is 2.71. The Hall–Kier alpha value is -3.04. The van der Waals surface area contributed by atoms with E-state index in [0.29, 0.717) is 35.4 Å². The maximum Gasteiger partial charge on any atom is 0.262 e. The van der Waals surface area contributed by atoms with Crippen molar-refractivity contribution in [2.75, 3.05) is 23.3 Å². The summed E-state index contributed by atoms with van der Waals surface area (Å²) in [4.78, 5) is 12.4. The second-order valence-electron chi connectivity index (χ2n) is 7.92. The zero-order valence-corrected chi connectivity index (χ0v) is 22.3. The van der Waals surface area contributed by atoms with Crippen molar-refractivity contribution in [3.05, 3.63) is 76.8 Å². The van der Waals surface area contributed by atoms with E-state index in [2.05, 4.69) is 39.8 Å². The van der Waals surface area contributed by atoms with Gasteiger partial charge in [-0.3, -0.25) is 9.52 Å². The number of hydrogen-bond acceptors (Lipinski definition) is 5. The second-order valence-corrected chi connectivity index (χ2v) is 10.5.